The van der Waals surface area contributed by atoms with Crippen molar-refractivity contribution in [2.45, 2.75) is 44.6 Å². The summed E-state index contributed by atoms with van der Waals surface area (Å²) in [5.74, 6) is 0. The predicted molar refractivity (Wildman–Crippen MR) is 85.2 cm³/mol. The minimum Gasteiger partial charge on any atom is -0.302 e. The Morgan fingerprint density at radius 1 is 1.30 bits per heavy atom. The van der Waals surface area contributed by atoms with E-state index in [-0.39, 0.29) is 5.54 Å². The van der Waals surface area contributed by atoms with Gasteiger partial charge in [-0.05, 0) is 43.4 Å². The third-order valence-electron chi connectivity index (χ3n) is 4.20. The smallest absolute Gasteiger partial charge is 0.117 e. The maximum atomic E-state index is 4.66. The van der Waals surface area contributed by atoms with Crippen molar-refractivity contribution in [1.82, 2.24) is 10.3 Å². The van der Waals surface area contributed by atoms with Gasteiger partial charge in [-0.3, -0.25) is 0 Å². The number of benzene rings is 1. The fourth-order valence-electron chi connectivity index (χ4n) is 3.25. The van der Waals surface area contributed by atoms with Crippen LogP contribution in [-0.4, -0.2) is 11.5 Å². The van der Waals surface area contributed by atoms with Crippen molar-refractivity contribution < 1.29 is 0 Å². The van der Waals surface area contributed by atoms with E-state index in [1.807, 2.05) is 6.20 Å². The molecule has 0 amide bonds. The van der Waals surface area contributed by atoms with Crippen molar-refractivity contribution in [3.05, 3.63) is 52.0 Å². The van der Waals surface area contributed by atoms with E-state index in [9.17, 15) is 0 Å². The summed E-state index contributed by atoms with van der Waals surface area (Å²) in [4.78, 5) is 4.66. The first-order valence-electron chi connectivity index (χ1n) is 7.60. The van der Waals surface area contributed by atoms with Gasteiger partial charge in [0.25, 0.3) is 0 Å². The zero-order valence-electron chi connectivity index (χ0n) is 12.1. The third-order valence-corrected chi connectivity index (χ3v) is 5.13. The summed E-state index contributed by atoms with van der Waals surface area (Å²) in [5.41, 5.74) is 2.86. The first kappa shape index (κ1) is 13.8. The Kier molecular flexibility index (Phi) is 4.18. The highest BCUT2D eigenvalue weighted by molar-refractivity contribution is 7.09. The highest BCUT2D eigenvalue weighted by atomic mass is 32.1. The summed E-state index contributed by atoms with van der Waals surface area (Å²) in [6.45, 7) is 3.26. The molecule has 0 bridgehead atoms. The van der Waals surface area contributed by atoms with E-state index in [1.165, 1.54) is 35.4 Å². The molecule has 1 aliphatic carbocycles. The first-order valence-corrected chi connectivity index (χ1v) is 8.48. The van der Waals surface area contributed by atoms with Crippen LogP contribution in [0, 0.1) is 0 Å². The molecule has 2 nitrogen and oxygen atoms in total. The van der Waals surface area contributed by atoms with E-state index < -0.39 is 0 Å². The van der Waals surface area contributed by atoms with E-state index in [0.717, 1.165) is 19.4 Å². The Labute approximate surface area is 125 Å². The molecule has 1 aliphatic rings. The van der Waals surface area contributed by atoms with Crippen LogP contribution in [-0.2, 0) is 12.0 Å². The second kappa shape index (κ2) is 6.06. The minimum atomic E-state index is -0.0722. The minimum absolute atomic E-state index is 0.0722. The maximum Gasteiger partial charge on any atom is 0.117 e. The van der Waals surface area contributed by atoms with Gasteiger partial charge in [-0.1, -0.05) is 37.6 Å². The summed E-state index contributed by atoms with van der Waals surface area (Å²) in [5, 5.41) is 7.15. The number of rotatable bonds is 4. The van der Waals surface area contributed by atoms with Gasteiger partial charge in [0.2, 0.25) is 0 Å². The number of hydrogen-bond acceptors (Lipinski definition) is 3. The highest BCUT2D eigenvalue weighted by Gasteiger charge is 2.38. The van der Waals surface area contributed by atoms with E-state index in [2.05, 4.69) is 46.9 Å². The quantitative estimate of drug-likeness (QED) is 0.855. The molecule has 1 atom stereocenters. The average Bonchev–Trinajstić information content (AvgIpc) is 2.96. The van der Waals surface area contributed by atoms with E-state index in [0.29, 0.717) is 0 Å². The highest BCUT2D eigenvalue weighted by Crippen LogP contribution is 2.40. The molecule has 1 unspecified atom stereocenters. The summed E-state index contributed by atoms with van der Waals surface area (Å²) < 4.78 is 0. The number of aryl methyl sites for hydroxylation is 1. The molecule has 3 rings (SSSR count). The first-order chi connectivity index (χ1) is 9.87. The van der Waals surface area contributed by atoms with Crippen LogP contribution in [0.2, 0.25) is 0 Å². The lowest BCUT2D eigenvalue weighted by Gasteiger charge is -2.34. The molecular weight excluding hydrogens is 264 g/mol. The van der Waals surface area contributed by atoms with Crippen molar-refractivity contribution >= 4 is 11.3 Å². The van der Waals surface area contributed by atoms with E-state index in [1.54, 1.807) is 11.3 Å². The van der Waals surface area contributed by atoms with Gasteiger partial charge in [0.15, 0.2) is 0 Å². The summed E-state index contributed by atoms with van der Waals surface area (Å²) >= 11 is 1.78. The SMILES string of the molecule is CCCNC1(c2nccs2)CCCCc2ccccc21. The van der Waals surface area contributed by atoms with Gasteiger partial charge in [0, 0.05) is 11.6 Å². The zero-order chi connectivity index (χ0) is 13.8. The van der Waals surface area contributed by atoms with Crippen molar-refractivity contribution in [3.8, 4) is 0 Å². The fraction of sp³-hybridized carbons (Fsp3) is 0.471. The molecule has 0 saturated heterocycles. The van der Waals surface area contributed by atoms with Gasteiger partial charge < -0.3 is 5.32 Å². The molecule has 0 saturated carbocycles. The van der Waals surface area contributed by atoms with E-state index >= 15 is 0 Å². The molecule has 3 heteroatoms. The lowest BCUT2D eigenvalue weighted by Crippen LogP contribution is -2.44. The van der Waals surface area contributed by atoms with Gasteiger partial charge in [-0.15, -0.1) is 11.3 Å². The number of aromatic nitrogens is 1. The van der Waals surface area contributed by atoms with Gasteiger partial charge in [-0.25, -0.2) is 4.98 Å². The van der Waals surface area contributed by atoms with Crippen LogP contribution in [0.5, 0.6) is 0 Å². The van der Waals surface area contributed by atoms with Crippen molar-refractivity contribution in [1.29, 1.82) is 0 Å². The molecule has 1 N–H and O–H groups in total. The Hall–Kier alpha value is -1.19. The molecule has 1 aromatic carbocycles. The van der Waals surface area contributed by atoms with Gasteiger partial charge in [0.1, 0.15) is 5.01 Å². The largest absolute Gasteiger partial charge is 0.302 e. The van der Waals surface area contributed by atoms with Crippen LogP contribution >= 0.6 is 11.3 Å². The monoisotopic (exact) mass is 286 g/mol. The second-order valence-corrected chi connectivity index (χ2v) is 6.43. The molecular formula is C17H22N2S. The second-order valence-electron chi connectivity index (χ2n) is 5.53. The van der Waals surface area contributed by atoms with Crippen LogP contribution in [0.1, 0.15) is 48.7 Å². The molecule has 20 heavy (non-hydrogen) atoms. The third kappa shape index (κ3) is 2.40. The Balaban J connectivity index is 2.13. The average molecular weight is 286 g/mol. The lowest BCUT2D eigenvalue weighted by atomic mass is 9.84. The molecule has 0 radical (unpaired) electrons. The number of thiazole rings is 1. The number of fused-ring (bicyclic) bond motifs is 1. The summed E-state index contributed by atoms with van der Waals surface area (Å²) in [6, 6.07) is 8.91. The van der Waals surface area contributed by atoms with Gasteiger partial charge in [-0.2, -0.15) is 0 Å². The van der Waals surface area contributed by atoms with Gasteiger partial charge >= 0.3 is 0 Å². The van der Waals surface area contributed by atoms with Crippen LogP contribution in [0.15, 0.2) is 35.8 Å². The standard InChI is InChI=1S/C17H22N2S/c1-2-11-19-17(16-18-12-13-20-16)10-6-5-8-14-7-3-4-9-15(14)17/h3-4,7,9,12-13,19H,2,5-6,8,10-11H2,1H3. The Morgan fingerprint density at radius 2 is 2.20 bits per heavy atom. The van der Waals surface area contributed by atoms with Crippen LogP contribution in [0.25, 0.3) is 0 Å². The molecule has 2 aromatic rings. The number of hydrogen-bond donors (Lipinski definition) is 1. The zero-order valence-corrected chi connectivity index (χ0v) is 12.9. The Bertz CT molecular complexity index is 550. The maximum absolute atomic E-state index is 4.66. The van der Waals surface area contributed by atoms with Crippen LogP contribution in [0.3, 0.4) is 0 Å². The molecule has 106 valence electrons. The molecule has 0 fully saturated rings. The summed E-state index contributed by atoms with van der Waals surface area (Å²) in [7, 11) is 0. The number of nitrogens with zero attached hydrogens (tertiary/aromatic N) is 1. The molecule has 0 aliphatic heterocycles. The van der Waals surface area contributed by atoms with E-state index in [4.69, 9.17) is 0 Å². The van der Waals surface area contributed by atoms with Crippen molar-refractivity contribution in [3.63, 3.8) is 0 Å². The predicted octanol–water partition coefficient (Wildman–Crippen LogP) is 4.11. The summed E-state index contributed by atoms with van der Waals surface area (Å²) in [6.07, 6.45) is 7.95. The van der Waals surface area contributed by atoms with Crippen molar-refractivity contribution in [2.24, 2.45) is 0 Å². The number of nitrogens with one attached hydrogen (secondary N) is 1. The topological polar surface area (TPSA) is 24.9 Å². The van der Waals surface area contributed by atoms with Gasteiger partial charge in [0.05, 0.1) is 5.54 Å². The lowest BCUT2D eigenvalue weighted by molar-refractivity contribution is 0.366. The van der Waals surface area contributed by atoms with Crippen molar-refractivity contribution in [2.75, 3.05) is 6.54 Å². The van der Waals surface area contributed by atoms with Crippen LogP contribution < -0.4 is 5.32 Å². The molecule has 1 heterocycles. The molecule has 1 aromatic heterocycles. The van der Waals surface area contributed by atoms with Crippen LogP contribution in [0.4, 0.5) is 0 Å². The molecule has 0 spiro atoms. The Morgan fingerprint density at radius 3 is 3.00 bits per heavy atom. The fourth-order valence-corrected chi connectivity index (χ4v) is 4.11. The normalized spacial score (nSPS) is 22.2.